The highest BCUT2D eigenvalue weighted by atomic mass is 35.5. The van der Waals surface area contributed by atoms with E-state index in [0.29, 0.717) is 38.2 Å². The van der Waals surface area contributed by atoms with Crippen molar-refractivity contribution in [1.29, 1.82) is 0 Å². The Morgan fingerprint density at radius 1 is 0.969 bits per heavy atom. The van der Waals surface area contributed by atoms with Gasteiger partial charge in [0.25, 0.3) is 11.1 Å². The molecule has 0 atom stereocenters. The first-order valence-corrected chi connectivity index (χ1v) is 11.3. The Morgan fingerprint density at radius 2 is 1.75 bits per heavy atom. The van der Waals surface area contributed by atoms with E-state index in [4.69, 9.17) is 16.6 Å². The van der Waals surface area contributed by atoms with Crippen LogP contribution in [0.4, 0.5) is 0 Å². The van der Waals surface area contributed by atoms with E-state index in [2.05, 4.69) is 4.98 Å². The molecule has 5 aromatic rings. The number of hydrogen-bond acceptors (Lipinski definition) is 5. The van der Waals surface area contributed by atoms with Crippen LogP contribution in [0.3, 0.4) is 0 Å². The highest BCUT2D eigenvalue weighted by Crippen LogP contribution is 2.25. The van der Waals surface area contributed by atoms with Crippen LogP contribution in [0.2, 0.25) is 5.02 Å². The van der Waals surface area contributed by atoms with E-state index in [-0.39, 0.29) is 11.1 Å². The zero-order valence-electron chi connectivity index (χ0n) is 17.0. The molecule has 5 rings (SSSR count). The third kappa shape index (κ3) is 3.70. The lowest BCUT2D eigenvalue weighted by Crippen LogP contribution is -2.22. The molecule has 0 aliphatic rings. The van der Waals surface area contributed by atoms with Crippen molar-refractivity contribution < 1.29 is 0 Å². The average Bonchev–Trinajstić information content (AvgIpc) is 2.79. The molecule has 0 saturated heterocycles. The van der Waals surface area contributed by atoms with Crippen LogP contribution in [0.5, 0.6) is 0 Å². The van der Waals surface area contributed by atoms with Crippen molar-refractivity contribution in [3.05, 3.63) is 110 Å². The van der Waals surface area contributed by atoms with Crippen LogP contribution >= 0.6 is 23.4 Å². The van der Waals surface area contributed by atoms with Gasteiger partial charge in [0.05, 0.1) is 27.3 Å². The summed E-state index contributed by atoms with van der Waals surface area (Å²) in [6, 6.07) is 19.9. The number of aryl methyl sites for hydroxylation is 1. The summed E-state index contributed by atoms with van der Waals surface area (Å²) < 4.78 is 3.05. The topological polar surface area (TPSA) is 69.3 Å². The van der Waals surface area contributed by atoms with Gasteiger partial charge in [-0.2, -0.15) is 0 Å². The van der Waals surface area contributed by atoms with Gasteiger partial charge < -0.3 is 0 Å². The van der Waals surface area contributed by atoms with Gasteiger partial charge in [-0.05, 0) is 42.8 Å². The molecule has 0 unspecified atom stereocenters. The molecular formula is C24H17ClN4O2S. The van der Waals surface area contributed by atoms with Gasteiger partial charge in [-0.15, -0.1) is 0 Å². The fourth-order valence-electron chi connectivity index (χ4n) is 3.57. The van der Waals surface area contributed by atoms with Crippen LogP contribution in [0, 0.1) is 6.92 Å². The first-order chi connectivity index (χ1) is 15.5. The van der Waals surface area contributed by atoms with E-state index in [1.807, 2.05) is 49.4 Å². The summed E-state index contributed by atoms with van der Waals surface area (Å²) in [6.07, 6.45) is 1.55. The van der Waals surface area contributed by atoms with Crippen LogP contribution in [-0.2, 0) is 5.75 Å². The van der Waals surface area contributed by atoms with Crippen molar-refractivity contribution in [3.8, 4) is 5.69 Å². The second-order valence-electron chi connectivity index (χ2n) is 7.29. The molecule has 0 amide bonds. The molecule has 0 saturated carbocycles. The van der Waals surface area contributed by atoms with E-state index in [0.717, 1.165) is 11.3 Å². The molecule has 0 bridgehead atoms. The minimum Gasteiger partial charge on any atom is -0.269 e. The van der Waals surface area contributed by atoms with Crippen molar-refractivity contribution in [3.63, 3.8) is 0 Å². The molecule has 0 aliphatic carbocycles. The maximum absolute atomic E-state index is 13.4. The van der Waals surface area contributed by atoms with Gasteiger partial charge >= 0.3 is 0 Å². The number of hydrogen-bond donors (Lipinski definition) is 0. The Bertz CT molecular complexity index is 1610. The Hall–Kier alpha value is -3.42. The highest BCUT2D eigenvalue weighted by molar-refractivity contribution is 7.98. The number of thioether (sulfide) groups is 1. The van der Waals surface area contributed by atoms with E-state index in [1.54, 1.807) is 29.0 Å². The van der Waals surface area contributed by atoms with Crippen molar-refractivity contribution in [2.24, 2.45) is 0 Å². The summed E-state index contributed by atoms with van der Waals surface area (Å²) >= 11 is 7.36. The number of nitrogens with zero attached hydrogens (tertiary/aromatic N) is 4. The summed E-state index contributed by atoms with van der Waals surface area (Å²) in [4.78, 5) is 35.2. The van der Waals surface area contributed by atoms with Crippen molar-refractivity contribution in [2.45, 2.75) is 17.8 Å². The SMILES string of the molecule is Cc1ccccc1-n1c(SCc2cc(=O)n3cc(Cl)ccc3n2)nc2ccccc2c1=O. The quantitative estimate of drug-likeness (QED) is 0.288. The van der Waals surface area contributed by atoms with Crippen molar-refractivity contribution >= 4 is 39.9 Å². The van der Waals surface area contributed by atoms with Crippen LogP contribution in [0.25, 0.3) is 22.2 Å². The van der Waals surface area contributed by atoms with Gasteiger partial charge in [0.15, 0.2) is 5.16 Å². The van der Waals surface area contributed by atoms with Crippen molar-refractivity contribution in [1.82, 2.24) is 18.9 Å². The zero-order chi connectivity index (χ0) is 22.2. The molecule has 8 heteroatoms. The second kappa shape index (κ2) is 8.26. The second-order valence-corrected chi connectivity index (χ2v) is 8.67. The third-order valence-corrected chi connectivity index (χ3v) is 6.32. The third-order valence-electron chi connectivity index (χ3n) is 5.13. The van der Waals surface area contributed by atoms with Crippen LogP contribution in [-0.4, -0.2) is 18.9 Å². The molecular weight excluding hydrogens is 444 g/mol. The zero-order valence-corrected chi connectivity index (χ0v) is 18.6. The average molecular weight is 461 g/mol. The molecule has 6 nitrogen and oxygen atoms in total. The summed E-state index contributed by atoms with van der Waals surface area (Å²) in [5, 5.41) is 1.56. The Balaban J connectivity index is 1.61. The molecule has 0 fully saturated rings. The van der Waals surface area contributed by atoms with Crippen LogP contribution < -0.4 is 11.1 Å². The maximum atomic E-state index is 13.4. The number of fused-ring (bicyclic) bond motifs is 2. The summed E-state index contributed by atoms with van der Waals surface area (Å²) in [5.74, 6) is 0.380. The molecule has 3 heterocycles. The number of para-hydroxylation sites is 2. The van der Waals surface area contributed by atoms with Gasteiger partial charge in [-0.1, -0.05) is 53.7 Å². The molecule has 158 valence electrons. The predicted octanol–water partition coefficient (Wildman–Crippen LogP) is 4.65. The standard InChI is InChI=1S/C24H17ClN4O2S/c1-15-6-2-5-9-20(15)29-23(31)18-7-3-4-8-19(18)27-24(29)32-14-17-12-22(30)28-13-16(25)10-11-21(28)26-17/h2-13H,14H2,1H3. The smallest absolute Gasteiger partial charge is 0.266 e. The van der Waals surface area contributed by atoms with Gasteiger partial charge in [0, 0.05) is 18.0 Å². The van der Waals surface area contributed by atoms with Gasteiger partial charge in [-0.3, -0.25) is 18.6 Å². The molecule has 0 aliphatic heterocycles. The molecule has 32 heavy (non-hydrogen) atoms. The largest absolute Gasteiger partial charge is 0.269 e. The predicted molar refractivity (Wildman–Crippen MR) is 128 cm³/mol. The molecule has 3 aromatic heterocycles. The summed E-state index contributed by atoms with van der Waals surface area (Å²) in [7, 11) is 0. The number of aromatic nitrogens is 4. The first-order valence-electron chi connectivity index (χ1n) is 9.90. The normalized spacial score (nSPS) is 11.3. The lowest BCUT2D eigenvalue weighted by molar-refractivity contribution is 0.814. The number of halogens is 1. The van der Waals surface area contributed by atoms with Crippen LogP contribution in [0.15, 0.2) is 87.7 Å². The Kier molecular flexibility index (Phi) is 5.28. The fraction of sp³-hybridized carbons (Fsp3) is 0.0833. The maximum Gasteiger partial charge on any atom is 0.266 e. The monoisotopic (exact) mass is 460 g/mol. The Labute approximate surface area is 192 Å². The lowest BCUT2D eigenvalue weighted by atomic mass is 10.2. The van der Waals surface area contributed by atoms with Crippen LogP contribution in [0.1, 0.15) is 11.3 Å². The first kappa shape index (κ1) is 20.5. The summed E-state index contributed by atoms with van der Waals surface area (Å²) in [5.41, 5.74) is 3.14. The summed E-state index contributed by atoms with van der Waals surface area (Å²) in [6.45, 7) is 1.96. The Morgan fingerprint density at radius 3 is 2.59 bits per heavy atom. The minimum absolute atomic E-state index is 0.131. The number of benzene rings is 2. The van der Waals surface area contributed by atoms with E-state index >= 15 is 0 Å². The number of rotatable bonds is 4. The van der Waals surface area contributed by atoms with E-state index < -0.39 is 0 Å². The van der Waals surface area contributed by atoms with Crippen molar-refractivity contribution in [2.75, 3.05) is 0 Å². The molecule has 2 aromatic carbocycles. The van der Waals surface area contributed by atoms with E-state index in [9.17, 15) is 9.59 Å². The minimum atomic E-state index is -0.212. The molecule has 0 radical (unpaired) electrons. The fourth-order valence-corrected chi connectivity index (χ4v) is 4.63. The molecule has 0 N–H and O–H groups in total. The highest BCUT2D eigenvalue weighted by Gasteiger charge is 2.15. The molecule has 0 spiro atoms. The lowest BCUT2D eigenvalue weighted by Gasteiger charge is -2.15. The van der Waals surface area contributed by atoms with Gasteiger partial charge in [0.2, 0.25) is 0 Å². The van der Waals surface area contributed by atoms with Gasteiger partial charge in [0.1, 0.15) is 5.65 Å². The van der Waals surface area contributed by atoms with Gasteiger partial charge in [-0.25, -0.2) is 9.97 Å². The van der Waals surface area contributed by atoms with E-state index in [1.165, 1.54) is 22.2 Å². The number of pyridine rings is 1.